The van der Waals surface area contributed by atoms with Gasteiger partial charge >= 0.3 is 0 Å². The van der Waals surface area contributed by atoms with Crippen molar-refractivity contribution in [2.24, 2.45) is 0 Å². The lowest BCUT2D eigenvalue weighted by molar-refractivity contribution is 0.268. The number of aromatic hydroxyl groups is 1. The Morgan fingerprint density at radius 2 is 1.92 bits per heavy atom. The highest BCUT2D eigenvalue weighted by Crippen LogP contribution is 2.37. The summed E-state index contributed by atoms with van der Waals surface area (Å²) in [6, 6.07) is 11.1. The Kier molecular flexibility index (Phi) is 5.44. The second-order valence-corrected chi connectivity index (χ2v) is 9.56. The quantitative estimate of drug-likeness (QED) is 0.351. The fourth-order valence-electron chi connectivity index (χ4n) is 4.49. The molecular weight excluding hydrogens is 473 g/mol. The monoisotopic (exact) mass is 497 g/mol. The van der Waals surface area contributed by atoms with Crippen molar-refractivity contribution in [2.75, 3.05) is 18.5 Å². The molecule has 2 N–H and O–H groups in total. The molecule has 1 aliphatic rings. The average Bonchev–Trinajstić information content (AvgIpc) is 3.42. The number of nitrogens with one attached hydrogen (secondary N) is 1. The number of fused-ring (bicyclic) bond motifs is 3. The number of phenolic OH excluding ortho intramolecular Hbond substituents is 1. The minimum Gasteiger partial charge on any atom is -0.507 e. The number of anilines is 1. The molecular formula is C27H24FN7O2. The van der Waals surface area contributed by atoms with Crippen LogP contribution in [-0.4, -0.2) is 47.7 Å². The number of hydrogen-bond donors (Lipinski definition) is 2. The number of nitrogens with zero attached hydrogens (tertiary/aromatic N) is 6. The SMILES string of the molecule is CC1(C)COc2nc3c(NCCc4ccc(O)c(-c5cccnc5)c4)nc(-c4cncc(F)c4)nc3n21. The molecule has 0 atom stereocenters. The molecule has 1 aromatic carbocycles. The van der Waals surface area contributed by atoms with Crippen LogP contribution in [0.1, 0.15) is 19.4 Å². The van der Waals surface area contributed by atoms with Crippen LogP contribution in [0.4, 0.5) is 10.2 Å². The summed E-state index contributed by atoms with van der Waals surface area (Å²) in [4.78, 5) is 22.2. The second kappa shape index (κ2) is 8.81. The third kappa shape index (κ3) is 4.20. The molecule has 0 bridgehead atoms. The number of aromatic nitrogens is 6. The van der Waals surface area contributed by atoms with E-state index < -0.39 is 5.82 Å². The summed E-state index contributed by atoms with van der Waals surface area (Å²) in [5, 5.41) is 13.7. The normalized spacial score (nSPS) is 13.9. The first kappa shape index (κ1) is 22.8. The summed E-state index contributed by atoms with van der Waals surface area (Å²) >= 11 is 0. The topological polar surface area (TPSA) is 111 Å². The molecule has 186 valence electrons. The number of phenols is 1. The fraction of sp³-hybridized carbons (Fsp3) is 0.222. The summed E-state index contributed by atoms with van der Waals surface area (Å²) in [6.07, 6.45) is 6.76. The lowest BCUT2D eigenvalue weighted by atomic mass is 10.0. The van der Waals surface area contributed by atoms with Gasteiger partial charge in [0.15, 0.2) is 22.8 Å². The third-order valence-electron chi connectivity index (χ3n) is 6.34. The average molecular weight is 498 g/mol. The maximum absolute atomic E-state index is 13.9. The molecule has 6 rings (SSSR count). The molecule has 0 spiro atoms. The highest BCUT2D eigenvalue weighted by Gasteiger charge is 2.36. The van der Waals surface area contributed by atoms with Crippen molar-refractivity contribution in [1.29, 1.82) is 0 Å². The van der Waals surface area contributed by atoms with Crippen LogP contribution in [0, 0.1) is 5.82 Å². The number of imidazole rings is 1. The number of rotatable bonds is 6. The first-order valence-electron chi connectivity index (χ1n) is 11.9. The molecule has 4 aromatic heterocycles. The van der Waals surface area contributed by atoms with Crippen molar-refractivity contribution in [1.82, 2.24) is 29.5 Å². The van der Waals surface area contributed by atoms with Crippen LogP contribution in [0.2, 0.25) is 0 Å². The van der Waals surface area contributed by atoms with Gasteiger partial charge in [-0.1, -0.05) is 12.1 Å². The van der Waals surface area contributed by atoms with Crippen LogP contribution in [0.5, 0.6) is 11.8 Å². The van der Waals surface area contributed by atoms with Crippen molar-refractivity contribution in [3.8, 4) is 34.3 Å². The molecule has 0 amide bonds. The number of ether oxygens (including phenoxy) is 1. The van der Waals surface area contributed by atoms with Gasteiger partial charge < -0.3 is 15.2 Å². The predicted octanol–water partition coefficient (Wildman–Crippen LogP) is 4.58. The first-order valence-corrected chi connectivity index (χ1v) is 11.9. The smallest absolute Gasteiger partial charge is 0.299 e. The fourth-order valence-corrected chi connectivity index (χ4v) is 4.49. The van der Waals surface area contributed by atoms with E-state index in [0.29, 0.717) is 54.0 Å². The van der Waals surface area contributed by atoms with Crippen LogP contribution in [-0.2, 0) is 12.0 Å². The standard InChI is InChI=1S/C27H24FN7O2/c1-27(2)15-37-26-32-22-24(33-23(34-25(22)35(26)27)18-11-19(28)14-30-13-18)31-9-7-16-5-6-21(36)20(10-16)17-4-3-8-29-12-17/h3-6,8,10-14,36H,7,9,15H2,1-2H3,(H,31,33,34). The van der Waals surface area contributed by atoms with E-state index in [4.69, 9.17) is 9.72 Å². The number of pyridine rings is 2. The van der Waals surface area contributed by atoms with Crippen LogP contribution in [0.3, 0.4) is 0 Å². The van der Waals surface area contributed by atoms with E-state index in [1.807, 2.05) is 42.7 Å². The molecule has 5 heterocycles. The van der Waals surface area contributed by atoms with E-state index >= 15 is 0 Å². The summed E-state index contributed by atoms with van der Waals surface area (Å²) in [5.74, 6) is 0.605. The molecule has 0 saturated carbocycles. The minimum atomic E-state index is -0.463. The van der Waals surface area contributed by atoms with E-state index in [0.717, 1.165) is 22.9 Å². The van der Waals surface area contributed by atoms with E-state index in [2.05, 4.69) is 25.3 Å². The predicted molar refractivity (Wildman–Crippen MR) is 137 cm³/mol. The van der Waals surface area contributed by atoms with Crippen molar-refractivity contribution in [2.45, 2.75) is 25.8 Å². The van der Waals surface area contributed by atoms with E-state index in [1.165, 1.54) is 12.3 Å². The van der Waals surface area contributed by atoms with Crippen LogP contribution in [0.25, 0.3) is 33.7 Å². The van der Waals surface area contributed by atoms with Crippen molar-refractivity contribution >= 4 is 17.0 Å². The first-order chi connectivity index (χ1) is 17.9. The van der Waals surface area contributed by atoms with Crippen molar-refractivity contribution < 1.29 is 14.2 Å². The molecule has 0 unspecified atom stereocenters. The summed E-state index contributed by atoms with van der Waals surface area (Å²) in [5.41, 5.74) is 3.91. The van der Waals surface area contributed by atoms with Gasteiger partial charge in [-0.05, 0) is 50.1 Å². The van der Waals surface area contributed by atoms with Crippen LogP contribution < -0.4 is 10.1 Å². The Labute approximate surface area is 212 Å². The van der Waals surface area contributed by atoms with Gasteiger partial charge in [0.05, 0.1) is 11.7 Å². The molecule has 10 heteroatoms. The van der Waals surface area contributed by atoms with Gasteiger partial charge in [-0.15, -0.1) is 0 Å². The van der Waals surface area contributed by atoms with E-state index in [-0.39, 0.29) is 11.3 Å². The minimum absolute atomic E-state index is 0.200. The number of halogens is 1. The van der Waals surface area contributed by atoms with Crippen molar-refractivity contribution in [3.63, 3.8) is 0 Å². The molecule has 1 aliphatic heterocycles. The Balaban J connectivity index is 1.33. The summed E-state index contributed by atoms with van der Waals surface area (Å²) < 4.78 is 21.7. The second-order valence-electron chi connectivity index (χ2n) is 9.56. The Hall–Kier alpha value is -4.60. The molecule has 0 radical (unpaired) electrons. The molecule has 5 aromatic rings. The van der Waals surface area contributed by atoms with Gasteiger partial charge in [-0.3, -0.25) is 14.5 Å². The molecule has 0 aliphatic carbocycles. The van der Waals surface area contributed by atoms with Gasteiger partial charge in [0.1, 0.15) is 18.2 Å². The number of hydrogen-bond acceptors (Lipinski definition) is 8. The summed E-state index contributed by atoms with van der Waals surface area (Å²) in [6.45, 7) is 5.12. The molecule has 9 nitrogen and oxygen atoms in total. The van der Waals surface area contributed by atoms with Crippen LogP contribution >= 0.6 is 0 Å². The van der Waals surface area contributed by atoms with Gasteiger partial charge in [0, 0.05) is 41.8 Å². The van der Waals surface area contributed by atoms with E-state index in [9.17, 15) is 9.50 Å². The Morgan fingerprint density at radius 1 is 1.05 bits per heavy atom. The maximum Gasteiger partial charge on any atom is 0.299 e. The molecule has 0 saturated heterocycles. The number of benzene rings is 1. The largest absolute Gasteiger partial charge is 0.507 e. The summed E-state index contributed by atoms with van der Waals surface area (Å²) in [7, 11) is 0. The van der Waals surface area contributed by atoms with Crippen molar-refractivity contribution in [3.05, 3.63) is 72.6 Å². The molecule has 0 fully saturated rings. The highest BCUT2D eigenvalue weighted by atomic mass is 19.1. The lowest BCUT2D eigenvalue weighted by Gasteiger charge is -2.18. The molecule has 37 heavy (non-hydrogen) atoms. The zero-order chi connectivity index (χ0) is 25.6. The van der Waals surface area contributed by atoms with Gasteiger partial charge in [0.25, 0.3) is 6.01 Å². The Bertz CT molecular complexity index is 1620. The van der Waals surface area contributed by atoms with Gasteiger partial charge in [-0.2, -0.15) is 4.98 Å². The zero-order valence-electron chi connectivity index (χ0n) is 20.3. The Morgan fingerprint density at radius 3 is 2.73 bits per heavy atom. The van der Waals surface area contributed by atoms with E-state index in [1.54, 1.807) is 18.5 Å². The van der Waals surface area contributed by atoms with Gasteiger partial charge in [-0.25, -0.2) is 14.4 Å². The lowest BCUT2D eigenvalue weighted by Crippen LogP contribution is -2.25. The van der Waals surface area contributed by atoms with Crippen LogP contribution in [0.15, 0.2) is 61.2 Å². The highest BCUT2D eigenvalue weighted by molar-refractivity contribution is 5.86. The van der Waals surface area contributed by atoms with Gasteiger partial charge in [0.2, 0.25) is 0 Å². The maximum atomic E-state index is 13.9. The third-order valence-corrected chi connectivity index (χ3v) is 6.34. The zero-order valence-corrected chi connectivity index (χ0v) is 20.3.